The van der Waals surface area contributed by atoms with Crippen molar-refractivity contribution in [3.05, 3.63) is 24.3 Å². The van der Waals surface area contributed by atoms with Crippen LogP contribution in [-0.2, 0) is 4.79 Å². The molecule has 0 heterocycles. The first kappa shape index (κ1) is 47.8. The van der Waals surface area contributed by atoms with Crippen LogP contribution in [-0.4, -0.2) is 46.1 Å². The van der Waals surface area contributed by atoms with Crippen LogP contribution in [0.4, 0.5) is 0 Å². The normalized spacial score (nSPS) is 13.8. The SMILES string of the molecule is CCCCCCC/C=C/CC/C=C/C(O)C(CO)NC(=O)CC(O)CCCCCCCCCCCCCCCCCCCCCCCCC. The van der Waals surface area contributed by atoms with Crippen molar-refractivity contribution < 1.29 is 20.1 Å². The fourth-order valence-electron chi connectivity index (χ4n) is 6.65. The molecule has 0 radical (unpaired) electrons. The van der Waals surface area contributed by atoms with Crippen LogP contribution in [0.2, 0.25) is 0 Å². The number of rotatable bonds is 39. The lowest BCUT2D eigenvalue weighted by molar-refractivity contribution is -0.124. The highest BCUT2D eigenvalue weighted by atomic mass is 16.3. The Bertz CT molecular complexity index is 724. The van der Waals surface area contributed by atoms with E-state index in [4.69, 9.17) is 0 Å². The predicted molar refractivity (Wildman–Crippen MR) is 213 cm³/mol. The van der Waals surface area contributed by atoms with Crippen molar-refractivity contribution in [1.82, 2.24) is 5.32 Å². The summed E-state index contributed by atoms with van der Waals surface area (Å²) in [4.78, 5) is 12.4. The minimum Gasteiger partial charge on any atom is -0.394 e. The molecular formula is C44H85NO4. The third-order valence-corrected chi connectivity index (χ3v) is 9.99. The number of hydrogen-bond acceptors (Lipinski definition) is 4. The van der Waals surface area contributed by atoms with Crippen LogP contribution < -0.4 is 5.32 Å². The maximum absolute atomic E-state index is 12.4. The summed E-state index contributed by atoms with van der Waals surface area (Å²) < 4.78 is 0. The zero-order valence-corrected chi connectivity index (χ0v) is 32.8. The number of aliphatic hydroxyl groups excluding tert-OH is 3. The van der Waals surface area contributed by atoms with E-state index < -0.39 is 18.2 Å². The fraction of sp³-hybridized carbons (Fsp3) is 0.886. The molecule has 0 spiro atoms. The Labute approximate surface area is 305 Å². The van der Waals surface area contributed by atoms with E-state index in [1.807, 2.05) is 6.08 Å². The van der Waals surface area contributed by atoms with Crippen molar-refractivity contribution >= 4 is 5.91 Å². The van der Waals surface area contributed by atoms with Crippen molar-refractivity contribution in [2.45, 2.75) is 244 Å². The van der Waals surface area contributed by atoms with E-state index in [0.717, 1.165) is 32.1 Å². The number of carbonyl (C=O) groups excluding carboxylic acids is 1. The third kappa shape index (κ3) is 36.4. The van der Waals surface area contributed by atoms with E-state index in [9.17, 15) is 20.1 Å². The van der Waals surface area contributed by atoms with Crippen LogP contribution in [0.3, 0.4) is 0 Å². The molecule has 0 aromatic rings. The van der Waals surface area contributed by atoms with Crippen molar-refractivity contribution in [2.24, 2.45) is 0 Å². The largest absolute Gasteiger partial charge is 0.394 e. The van der Waals surface area contributed by atoms with Crippen LogP contribution in [0.25, 0.3) is 0 Å². The van der Waals surface area contributed by atoms with Crippen LogP contribution >= 0.6 is 0 Å². The molecule has 5 heteroatoms. The van der Waals surface area contributed by atoms with Gasteiger partial charge in [0.1, 0.15) is 0 Å². The maximum atomic E-state index is 12.4. The van der Waals surface area contributed by atoms with E-state index in [1.54, 1.807) is 6.08 Å². The Morgan fingerprint density at radius 1 is 0.510 bits per heavy atom. The topological polar surface area (TPSA) is 89.8 Å². The zero-order chi connectivity index (χ0) is 35.9. The number of aliphatic hydroxyl groups is 3. The van der Waals surface area contributed by atoms with Gasteiger partial charge in [0.25, 0.3) is 0 Å². The van der Waals surface area contributed by atoms with Crippen LogP contribution in [0.1, 0.15) is 226 Å². The van der Waals surface area contributed by atoms with Gasteiger partial charge >= 0.3 is 0 Å². The van der Waals surface area contributed by atoms with Crippen LogP contribution in [0.15, 0.2) is 24.3 Å². The van der Waals surface area contributed by atoms with Gasteiger partial charge in [0.2, 0.25) is 5.91 Å². The summed E-state index contributed by atoms with van der Waals surface area (Å²) in [6.45, 7) is 4.18. The van der Waals surface area contributed by atoms with Gasteiger partial charge in [-0.25, -0.2) is 0 Å². The van der Waals surface area contributed by atoms with E-state index in [2.05, 4.69) is 31.3 Å². The van der Waals surface area contributed by atoms with E-state index in [1.165, 1.54) is 167 Å². The molecule has 0 saturated carbocycles. The van der Waals surface area contributed by atoms with Gasteiger partial charge in [0.15, 0.2) is 0 Å². The minimum atomic E-state index is -0.947. The zero-order valence-electron chi connectivity index (χ0n) is 32.8. The average Bonchev–Trinajstić information content (AvgIpc) is 3.09. The number of hydrogen-bond donors (Lipinski definition) is 4. The van der Waals surface area contributed by atoms with Crippen molar-refractivity contribution in [1.29, 1.82) is 0 Å². The summed E-state index contributed by atoms with van der Waals surface area (Å²) in [5.41, 5.74) is 0. The predicted octanol–water partition coefficient (Wildman–Crippen LogP) is 12.2. The quantitative estimate of drug-likeness (QED) is 0.0381. The van der Waals surface area contributed by atoms with Gasteiger partial charge in [-0.1, -0.05) is 212 Å². The minimum absolute atomic E-state index is 0.00941. The summed E-state index contributed by atoms with van der Waals surface area (Å²) in [5.74, 6) is -0.324. The standard InChI is InChI=1S/C44H85NO4/c1-3-5-7-9-11-13-15-16-17-18-19-20-21-22-23-24-25-26-28-29-31-33-35-37-41(47)39-44(49)45-42(40-46)43(48)38-36-34-32-30-27-14-12-10-8-6-4-2/h27,30,36,38,41-43,46-48H,3-26,28-29,31-35,37,39-40H2,1-2H3,(H,45,49)/b30-27+,38-36+. The second kappa shape index (κ2) is 39.6. The molecular weight excluding hydrogens is 606 g/mol. The molecule has 5 nitrogen and oxygen atoms in total. The number of allylic oxidation sites excluding steroid dienone is 3. The van der Waals surface area contributed by atoms with Gasteiger partial charge in [0.05, 0.1) is 31.3 Å². The molecule has 0 bridgehead atoms. The molecule has 0 rings (SSSR count). The first-order chi connectivity index (χ1) is 24.0. The second-order valence-corrected chi connectivity index (χ2v) is 15.0. The molecule has 290 valence electrons. The monoisotopic (exact) mass is 692 g/mol. The molecule has 49 heavy (non-hydrogen) atoms. The number of amides is 1. The lowest BCUT2D eigenvalue weighted by atomic mass is 10.0. The second-order valence-electron chi connectivity index (χ2n) is 15.0. The number of nitrogens with one attached hydrogen (secondary N) is 1. The Kier molecular flexibility index (Phi) is 38.7. The first-order valence-electron chi connectivity index (χ1n) is 21.6. The van der Waals surface area contributed by atoms with E-state index in [0.29, 0.717) is 6.42 Å². The number of carbonyl (C=O) groups is 1. The molecule has 0 aliphatic carbocycles. The highest BCUT2D eigenvalue weighted by Gasteiger charge is 2.20. The third-order valence-electron chi connectivity index (χ3n) is 9.99. The van der Waals surface area contributed by atoms with Crippen LogP contribution in [0, 0.1) is 0 Å². The fourth-order valence-corrected chi connectivity index (χ4v) is 6.65. The highest BCUT2D eigenvalue weighted by Crippen LogP contribution is 2.16. The maximum Gasteiger partial charge on any atom is 0.222 e. The molecule has 3 atom stereocenters. The summed E-state index contributed by atoms with van der Waals surface area (Å²) in [7, 11) is 0. The average molecular weight is 692 g/mol. The summed E-state index contributed by atoms with van der Waals surface area (Å²) in [5, 5.41) is 33.1. The summed E-state index contributed by atoms with van der Waals surface area (Å²) in [6, 6.07) is -0.756. The molecule has 0 aliphatic heterocycles. The lowest BCUT2D eigenvalue weighted by Gasteiger charge is -2.21. The molecule has 0 aromatic heterocycles. The Balaban J connectivity index is 3.59. The molecule has 4 N–H and O–H groups in total. The molecule has 1 amide bonds. The van der Waals surface area contributed by atoms with Gasteiger partial charge in [0, 0.05) is 0 Å². The lowest BCUT2D eigenvalue weighted by Crippen LogP contribution is -2.45. The van der Waals surface area contributed by atoms with E-state index in [-0.39, 0.29) is 18.9 Å². The smallest absolute Gasteiger partial charge is 0.222 e. The van der Waals surface area contributed by atoms with Gasteiger partial charge in [-0.15, -0.1) is 0 Å². The van der Waals surface area contributed by atoms with Crippen molar-refractivity contribution in [2.75, 3.05) is 6.61 Å². The Morgan fingerprint density at radius 3 is 1.31 bits per heavy atom. The first-order valence-corrected chi connectivity index (χ1v) is 21.6. The Hall–Kier alpha value is -1.17. The van der Waals surface area contributed by atoms with Crippen molar-refractivity contribution in [3.63, 3.8) is 0 Å². The van der Waals surface area contributed by atoms with Gasteiger partial charge in [-0.3, -0.25) is 4.79 Å². The van der Waals surface area contributed by atoms with Gasteiger partial charge in [-0.2, -0.15) is 0 Å². The van der Waals surface area contributed by atoms with Gasteiger partial charge < -0.3 is 20.6 Å². The summed E-state index contributed by atoms with van der Waals surface area (Å²) >= 11 is 0. The molecule has 0 saturated heterocycles. The highest BCUT2D eigenvalue weighted by molar-refractivity contribution is 5.76. The molecule has 0 aromatic carbocycles. The summed E-state index contributed by atoms with van der Waals surface area (Å²) in [6.07, 6.45) is 47.6. The van der Waals surface area contributed by atoms with Crippen molar-refractivity contribution in [3.8, 4) is 0 Å². The van der Waals surface area contributed by atoms with Crippen LogP contribution in [0.5, 0.6) is 0 Å². The number of unbranched alkanes of at least 4 members (excludes halogenated alkanes) is 28. The van der Waals surface area contributed by atoms with E-state index >= 15 is 0 Å². The molecule has 3 unspecified atom stereocenters. The molecule has 0 fully saturated rings. The Morgan fingerprint density at radius 2 is 0.878 bits per heavy atom. The van der Waals surface area contributed by atoms with Gasteiger partial charge in [-0.05, 0) is 32.1 Å². The molecule has 0 aliphatic rings.